The Morgan fingerprint density at radius 3 is 3.17 bits per heavy atom. The highest BCUT2D eigenvalue weighted by molar-refractivity contribution is 9.10. The van der Waals surface area contributed by atoms with Crippen LogP contribution in [0, 0.1) is 0 Å². The molecule has 0 bridgehead atoms. The van der Waals surface area contributed by atoms with Gasteiger partial charge in [-0.15, -0.1) is 11.6 Å². The Labute approximate surface area is 83.7 Å². The summed E-state index contributed by atoms with van der Waals surface area (Å²) in [4.78, 5) is 0. The number of alkyl halides is 1. The van der Waals surface area contributed by atoms with Gasteiger partial charge in [0.15, 0.2) is 0 Å². The molecule has 62 valence electrons. The van der Waals surface area contributed by atoms with Gasteiger partial charge in [0, 0.05) is 16.3 Å². The van der Waals surface area contributed by atoms with Crippen LogP contribution in [-0.4, -0.2) is 6.21 Å². The van der Waals surface area contributed by atoms with Gasteiger partial charge in [0.05, 0.1) is 11.1 Å². The second kappa shape index (κ2) is 3.07. The van der Waals surface area contributed by atoms with Crippen molar-refractivity contribution in [3.63, 3.8) is 0 Å². The summed E-state index contributed by atoms with van der Waals surface area (Å²) in [6.45, 7) is 0. The number of fused-ring (bicyclic) bond motifs is 1. The van der Waals surface area contributed by atoms with E-state index < -0.39 is 0 Å². The number of hydrogen-bond donors (Lipinski definition) is 1. The molecule has 1 aromatic rings. The second-order valence-electron chi connectivity index (χ2n) is 2.52. The minimum absolute atomic E-state index is 0.126. The summed E-state index contributed by atoms with van der Waals surface area (Å²) >= 11 is 9.40. The van der Waals surface area contributed by atoms with Gasteiger partial charge in [-0.3, -0.25) is 5.43 Å². The molecule has 0 aromatic heterocycles. The third kappa shape index (κ3) is 1.34. The first kappa shape index (κ1) is 8.08. The van der Waals surface area contributed by atoms with E-state index in [9.17, 15) is 0 Å². The third-order valence-corrected chi connectivity index (χ3v) is 2.54. The van der Waals surface area contributed by atoms with E-state index in [4.69, 9.17) is 11.6 Å². The normalized spacial score (nSPS) is 20.0. The maximum Gasteiger partial charge on any atom is 0.0975 e. The summed E-state index contributed by atoms with van der Waals surface area (Å²) < 4.78 is 1.03. The van der Waals surface area contributed by atoms with Crippen LogP contribution in [0.15, 0.2) is 27.8 Å². The van der Waals surface area contributed by atoms with E-state index in [0.717, 1.165) is 15.7 Å². The van der Waals surface area contributed by atoms with Crippen LogP contribution in [0.5, 0.6) is 0 Å². The zero-order valence-electron chi connectivity index (χ0n) is 6.09. The minimum Gasteiger partial charge on any atom is -0.278 e. The predicted octanol–water partition coefficient (Wildman–Crippen LogP) is 3.14. The van der Waals surface area contributed by atoms with Crippen molar-refractivity contribution in [3.05, 3.63) is 28.2 Å². The first-order valence-corrected chi connectivity index (χ1v) is 4.73. The number of hydrogen-bond acceptors (Lipinski definition) is 2. The average Bonchev–Trinajstić information content (AvgIpc) is 2.07. The highest BCUT2D eigenvalue weighted by atomic mass is 79.9. The Morgan fingerprint density at radius 1 is 1.50 bits per heavy atom. The summed E-state index contributed by atoms with van der Waals surface area (Å²) in [6, 6.07) is 5.90. The first-order valence-electron chi connectivity index (χ1n) is 3.50. The van der Waals surface area contributed by atoms with Crippen LogP contribution in [0.3, 0.4) is 0 Å². The zero-order valence-corrected chi connectivity index (χ0v) is 8.43. The summed E-state index contributed by atoms with van der Waals surface area (Å²) in [5.74, 6) is 0. The zero-order chi connectivity index (χ0) is 8.55. The fraction of sp³-hybridized carbons (Fsp3) is 0.125. The van der Waals surface area contributed by atoms with Crippen molar-refractivity contribution in [3.8, 4) is 0 Å². The van der Waals surface area contributed by atoms with Gasteiger partial charge in [-0.05, 0) is 18.2 Å². The van der Waals surface area contributed by atoms with Crippen LogP contribution in [0.1, 0.15) is 10.9 Å². The van der Waals surface area contributed by atoms with Crippen molar-refractivity contribution >= 4 is 39.4 Å². The van der Waals surface area contributed by atoms with Gasteiger partial charge in [0.25, 0.3) is 0 Å². The lowest BCUT2D eigenvalue weighted by atomic mass is 10.1. The van der Waals surface area contributed by atoms with Crippen molar-refractivity contribution in [1.29, 1.82) is 0 Å². The standard InChI is InChI=1S/C8H6BrClN2/c9-5-1-2-8-6(3-5)7(10)4-11-12-8/h1-4,7,12H. The maximum atomic E-state index is 6.01. The average molecular weight is 246 g/mol. The molecule has 0 aliphatic carbocycles. The molecule has 0 radical (unpaired) electrons. The molecular weight excluding hydrogens is 239 g/mol. The van der Waals surface area contributed by atoms with Gasteiger partial charge in [-0.25, -0.2) is 0 Å². The molecule has 1 aliphatic heterocycles. The number of halogens is 2. The van der Waals surface area contributed by atoms with Crippen molar-refractivity contribution in [2.75, 3.05) is 5.43 Å². The molecule has 0 fully saturated rings. The largest absolute Gasteiger partial charge is 0.278 e. The van der Waals surface area contributed by atoms with Crippen molar-refractivity contribution < 1.29 is 0 Å². The number of nitrogens with zero attached hydrogens (tertiary/aromatic N) is 1. The highest BCUT2D eigenvalue weighted by Gasteiger charge is 2.14. The molecule has 2 rings (SSSR count). The molecule has 1 N–H and O–H groups in total. The van der Waals surface area contributed by atoms with Crippen molar-refractivity contribution in [2.24, 2.45) is 5.10 Å². The SMILES string of the molecule is ClC1C=NNc2ccc(Br)cc21. The van der Waals surface area contributed by atoms with Gasteiger partial charge < -0.3 is 0 Å². The molecule has 1 atom stereocenters. The monoisotopic (exact) mass is 244 g/mol. The fourth-order valence-electron chi connectivity index (χ4n) is 1.12. The van der Waals surface area contributed by atoms with E-state index >= 15 is 0 Å². The topological polar surface area (TPSA) is 24.4 Å². The predicted molar refractivity (Wildman–Crippen MR) is 54.9 cm³/mol. The minimum atomic E-state index is -0.126. The Bertz CT molecular complexity index is 338. The third-order valence-electron chi connectivity index (χ3n) is 1.70. The Balaban J connectivity index is 2.52. The molecule has 1 heterocycles. The van der Waals surface area contributed by atoms with Crippen molar-refractivity contribution in [1.82, 2.24) is 0 Å². The van der Waals surface area contributed by atoms with Gasteiger partial charge in [-0.1, -0.05) is 15.9 Å². The van der Waals surface area contributed by atoms with Crippen LogP contribution in [0.2, 0.25) is 0 Å². The number of anilines is 1. The van der Waals surface area contributed by atoms with Gasteiger partial charge >= 0.3 is 0 Å². The van der Waals surface area contributed by atoms with E-state index in [1.165, 1.54) is 0 Å². The molecule has 1 aromatic carbocycles. The quantitative estimate of drug-likeness (QED) is 0.698. The van der Waals surface area contributed by atoms with Gasteiger partial charge in [0.2, 0.25) is 0 Å². The molecule has 4 heteroatoms. The van der Waals surface area contributed by atoms with Crippen LogP contribution < -0.4 is 5.43 Å². The van der Waals surface area contributed by atoms with Crippen LogP contribution >= 0.6 is 27.5 Å². The van der Waals surface area contributed by atoms with E-state index in [-0.39, 0.29) is 5.38 Å². The Hall–Kier alpha value is -0.540. The van der Waals surface area contributed by atoms with Gasteiger partial charge in [0.1, 0.15) is 0 Å². The van der Waals surface area contributed by atoms with Crippen LogP contribution in [0.4, 0.5) is 5.69 Å². The lowest BCUT2D eigenvalue weighted by molar-refractivity contribution is 1.18. The second-order valence-corrected chi connectivity index (χ2v) is 3.91. The Morgan fingerprint density at radius 2 is 2.33 bits per heavy atom. The van der Waals surface area contributed by atoms with Crippen LogP contribution in [0.25, 0.3) is 0 Å². The van der Waals surface area contributed by atoms with Crippen LogP contribution in [-0.2, 0) is 0 Å². The number of rotatable bonds is 0. The lowest BCUT2D eigenvalue weighted by Crippen LogP contribution is -2.05. The maximum absolute atomic E-state index is 6.01. The molecular formula is C8H6BrClN2. The summed E-state index contributed by atoms with van der Waals surface area (Å²) in [6.07, 6.45) is 1.68. The van der Waals surface area contributed by atoms with Crippen molar-refractivity contribution in [2.45, 2.75) is 5.38 Å². The number of hydrazone groups is 1. The molecule has 12 heavy (non-hydrogen) atoms. The molecule has 0 saturated heterocycles. The highest BCUT2D eigenvalue weighted by Crippen LogP contribution is 2.31. The summed E-state index contributed by atoms with van der Waals surface area (Å²) in [5, 5.41) is 3.78. The van der Waals surface area contributed by atoms with E-state index in [1.54, 1.807) is 6.21 Å². The molecule has 1 unspecified atom stereocenters. The molecule has 1 aliphatic rings. The summed E-state index contributed by atoms with van der Waals surface area (Å²) in [5.41, 5.74) is 4.91. The smallest absolute Gasteiger partial charge is 0.0975 e. The van der Waals surface area contributed by atoms with E-state index in [2.05, 4.69) is 26.5 Å². The van der Waals surface area contributed by atoms with Gasteiger partial charge in [-0.2, -0.15) is 5.10 Å². The fourth-order valence-corrected chi connectivity index (χ4v) is 1.73. The number of benzene rings is 1. The van der Waals surface area contributed by atoms with E-state index in [0.29, 0.717) is 0 Å². The summed E-state index contributed by atoms with van der Waals surface area (Å²) in [7, 11) is 0. The molecule has 0 amide bonds. The van der Waals surface area contributed by atoms with E-state index in [1.807, 2.05) is 18.2 Å². The number of nitrogens with one attached hydrogen (secondary N) is 1. The molecule has 2 nitrogen and oxygen atoms in total. The molecule has 0 spiro atoms. The Kier molecular flexibility index (Phi) is 2.07. The lowest BCUT2D eigenvalue weighted by Gasteiger charge is -2.15. The first-order chi connectivity index (χ1) is 5.77. The molecule has 0 saturated carbocycles.